The molecule has 0 N–H and O–H groups in total. The summed E-state index contributed by atoms with van der Waals surface area (Å²) in [6.45, 7) is 0.0418. The predicted octanol–water partition coefficient (Wildman–Crippen LogP) is 2.92. The number of carbonyl (C=O) groups is 1. The number of halogens is 4. The van der Waals surface area contributed by atoms with E-state index in [1.165, 1.54) is 23.1 Å². The lowest BCUT2D eigenvalue weighted by atomic mass is 10.1. The molecule has 2 aromatic carbocycles. The van der Waals surface area contributed by atoms with Crippen LogP contribution in [-0.2, 0) is 27.4 Å². The van der Waals surface area contributed by atoms with E-state index < -0.39 is 32.5 Å². The van der Waals surface area contributed by atoms with Crippen molar-refractivity contribution in [2.45, 2.75) is 17.5 Å². The first-order valence-corrected chi connectivity index (χ1v) is 10.2. The highest BCUT2D eigenvalue weighted by atomic mass is 32.2. The highest BCUT2D eigenvalue weighted by Crippen LogP contribution is 2.31. The Balaban J connectivity index is 1.67. The highest BCUT2D eigenvalue weighted by Gasteiger charge is 2.34. The van der Waals surface area contributed by atoms with Crippen LogP contribution < -0.4 is 0 Å². The third kappa shape index (κ3) is 4.76. The maximum absolute atomic E-state index is 13.7. The number of alkyl halides is 3. The van der Waals surface area contributed by atoms with Crippen LogP contribution in [-0.4, -0.2) is 49.7 Å². The number of hydrogen-bond donors (Lipinski definition) is 0. The summed E-state index contributed by atoms with van der Waals surface area (Å²) in [6.07, 6.45) is -4.80. The molecule has 1 saturated heterocycles. The summed E-state index contributed by atoms with van der Waals surface area (Å²) in [4.78, 5) is 13.3. The zero-order valence-electron chi connectivity index (χ0n) is 15.2. The zero-order valence-corrected chi connectivity index (χ0v) is 16.0. The molecule has 1 aliphatic rings. The molecule has 0 aromatic heterocycles. The topological polar surface area (TPSA) is 57.7 Å². The van der Waals surface area contributed by atoms with E-state index in [2.05, 4.69) is 0 Å². The molecule has 0 bridgehead atoms. The Morgan fingerprint density at radius 3 is 2.24 bits per heavy atom. The lowest BCUT2D eigenvalue weighted by molar-refractivity contribution is -0.137. The van der Waals surface area contributed by atoms with Crippen molar-refractivity contribution >= 4 is 15.9 Å². The molecule has 0 aliphatic carbocycles. The van der Waals surface area contributed by atoms with Gasteiger partial charge in [-0.1, -0.05) is 24.3 Å². The summed E-state index contributed by atoms with van der Waals surface area (Å²) < 4.78 is 78.7. The number of benzene rings is 2. The molecule has 10 heteroatoms. The lowest BCUT2D eigenvalue weighted by Crippen LogP contribution is -2.50. The molecule has 1 aliphatic heterocycles. The Labute approximate surface area is 165 Å². The van der Waals surface area contributed by atoms with Crippen LogP contribution in [0.1, 0.15) is 11.1 Å². The Hall–Kier alpha value is -2.46. The maximum atomic E-state index is 13.7. The average Bonchev–Trinajstić information content (AvgIpc) is 2.69. The normalized spacial score (nSPS) is 16.1. The second-order valence-corrected chi connectivity index (χ2v) is 8.52. The van der Waals surface area contributed by atoms with Gasteiger partial charge in [-0.25, -0.2) is 12.8 Å². The number of sulfonamides is 1. The van der Waals surface area contributed by atoms with E-state index in [9.17, 15) is 30.8 Å². The van der Waals surface area contributed by atoms with Crippen molar-refractivity contribution in [1.82, 2.24) is 9.21 Å². The number of carbonyl (C=O) groups excluding carboxylic acids is 1. The fraction of sp³-hybridized carbons (Fsp3) is 0.316. The SMILES string of the molecule is O=C(Cc1ccccc1F)N1CCN(S(=O)(=O)c2cccc(C(F)(F)F)c2)CC1. The molecule has 0 radical (unpaired) electrons. The minimum atomic E-state index is -4.65. The van der Waals surface area contributed by atoms with Gasteiger partial charge in [0.1, 0.15) is 5.82 Å². The van der Waals surface area contributed by atoms with Crippen LogP contribution >= 0.6 is 0 Å². The number of rotatable bonds is 4. The Morgan fingerprint density at radius 2 is 1.62 bits per heavy atom. The molecule has 0 atom stereocenters. The van der Waals surface area contributed by atoms with Gasteiger partial charge in [0.05, 0.1) is 16.9 Å². The number of nitrogens with zero attached hydrogens (tertiary/aromatic N) is 2. The number of hydrogen-bond acceptors (Lipinski definition) is 3. The van der Waals surface area contributed by atoms with E-state index in [0.717, 1.165) is 22.5 Å². The molecule has 29 heavy (non-hydrogen) atoms. The summed E-state index contributed by atoms with van der Waals surface area (Å²) in [7, 11) is -4.12. The molecular formula is C19H18F4N2O3S. The van der Waals surface area contributed by atoms with Crippen LogP contribution in [0.25, 0.3) is 0 Å². The third-order valence-electron chi connectivity index (χ3n) is 4.69. The van der Waals surface area contributed by atoms with Gasteiger partial charge >= 0.3 is 6.18 Å². The minimum absolute atomic E-state index is 0.0540. The Kier molecular flexibility index (Phi) is 5.95. The highest BCUT2D eigenvalue weighted by molar-refractivity contribution is 7.89. The predicted molar refractivity (Wildman–Crippen MR) is 96.9 cm³/mol. The van der Waals surface area contributed by atoms with Gasteiger partial charge in [0.15, 0.2) is 0 Å². The average molecular weight is 430 g/mol. The fourth-order valence-corrected chi connectivity index (χ4v) is 4.54. The van der Waals surface area contributed by atoms with Crippen molar-refractivity contribution in [1.29, 1.82) is 0 Å². The largest absolute Gasteiger partial charge is 0.416 e. The smallest absolute Gasteiger partial charge is 0.340 e. The summed E-state index contributed by atoms with van der Waals surface area (Å²) in [5.74, 6) is -0.835. The second-order valence-electron chi connectivity index (χ2n) is 6.58. The summed E-state index contributed by atoms with van der Waals surface area (Å²) in [6, 6.07) is 9.45. The number of amides is 1. The van der Waals surface area contributed by atoms with Crippen molar-refractivity contribution in [2.24, 2.45) is 0 Å². The maximum Gasteiger partial charge on any atom is 0.416 e. The molecule has 1 amide bonds. The monoisotopic (exact) mass is 430 g/mol. The van der Waals surface area contributed by atoms with Gasteiger partial charge in [-0.15, -0.1) is 0 Å². The standard InChI is InChI=1S/C19H18F4N2O3S/c20-17-7-2-1-4-14(17)12-18(26)24-8-10-25(11-9-24)29(27,28)16-6-3-5-15(13-16)19(21,22)23/h1-7,13H,8-12H2. The van der Waals surface area contributed by atoms with Crippen molar-refractivity contribution in [3.05, 3.63) is 65.5 Å². The van der Waals surface area contributed by atoms with Crippen molar-refractivity contribution < 1.29 is 30.8 Å². The molecule has 0 unspecified atom stereocenters. The molecule has 1 heterocycles. The zero-order chi connectivity index (χ0) is 21.2. The Morgan fingerprint density at radius 1 is 0.966 bits per heavy atom. The molecule has 3 rings (SSSR count). The van der Waals surface area contributed by atoms with E-state index in [1.54, 1.807) is 6.07 Å². The van der Waals surface area contributed by atoms with Gasteiger partial charge in [-0.2, -0.15) is 17.5 Å². The van der Waals surface area contributed by atoms with Gasteiger partial charge in [0.2, 0.25) is 15.9 Å². The molecule has 5 nitrogen and oxygen atoms in total. The van der Waals surface area contributed by atoms with Crippen LogP contribution in [0.2, 0.25) is 0 Å². The van der Waals surface area contributed by atoms with Crippen molar-refractivity contribution in [2.75, 3.05) is 26.2 Å². The fourth-order valence-electron chi connectivity index (χ4n) is 3.08. The van der Waals surface area contributed by atoms with E-state index in [4.69, 9.17) is 0 Å². The molecule has 2 aromatic rings. The van der Waals surface area contributed by atoms with E-state index in [0.29, 0.717) is 6.07 Å². The van der Waals surface area contributed by atoms with Crippen LogP contribution in [0.3, 0.4) is 0 Å². The van der Waals surface area contributed by atoms with Crippen LogP contribution in [0.15, 0.2) is 53.4 Å². The first-order chi connectivity index (χ1) is 13.6. The van der Waals surface area contributed by atoms with Gasteiger partial charge in [0, 0.05) is 26.2 Å². The third-order valence-corrected chi connectivity index (χ3v) is 6.58. The van der Waals surface area contributed by atoms with Crippen LogP contribution in [0, 0.1) is 5.82 Å². The van der Waals surface area contributed by atoms with E-state index >= 15 is 0 Å². The lowest BCUT2D eigenvalue weighted by Gasteiger charge is -2.34. The first-order valence-electron chi connectivity index (χ1n) is 8.77. The number of piperazine rings is 1. The van der Waals surface area contributed by atoms with Gasteiger partial charge in [-0.3, -0.25) is 4.79 Å². The Bertz CT molecular complexity index is 1000. The van der Waals surface area contributed by atoms with Gasteiger partial charge in [-0.05, 0) is 29.8 Å². The molecule has 0 spiro atoms. The van der Waals surface area contributed by atoms with E-state index in [1.807, 2.05) is 0 Å². The van der Waals surface area contributed by atoms with Crippen molar-refractivity contribution in [3.8, 4) is 0 Å². The van der Waals surface area contributed by atoms with Gasteiger partial charge < -0.3 is 4.90 Å². The molecule has 1 fully saturated rings. The van der Waals surface area contributed by atoms with Crippen LogP contribution in [0.4, 0.5) is 17.6 Å². The molecule has 0 saturated carbocycles. The van der Waals surface area contributed by atoms with Gasteiger partial charge in [0.25, 0.3) is 0 Å². The second kappa shape index (κ2) is 8.11. The van der Waals surface area contributed by atoms with Crippen LogP contribution in [0.5, 0.6) is 0 Å². The summed E-state index contributed by atoms with van der Waals surface area (Å²) in [5.41, 5.74) is -0.797. The summed E-state index contributed by atoms with van der Waals surface area (Å²) >= 11 is 0. The molecular weight excluding hydrogens is 412 g/mol. The minimum Gasteiger partial charge on any atom is -0.340 e. The quantitative estimate of drug-likeness (QED) is 0.701. The van der Waals surface area contributed by atoms with Crippen molar-refractivity contribution in [3.63, 3.8) is 0 Å². The summed E-state index contributed by atoms with van der Waals surface area (Å²) in [5, 5.41) is 0. The first kappa shape index (κ1) is 21.3. The van der Waals surface area contributed by atoms with E-state index in [-0.39, 0.29) is 44.1 Å². The molecule has 156 valence electrons.